The van der Waals surface area contributed by atoms with Crippen LogP contribution in [0, 0.1) is 0 Å². The van der Waals surface area contributed by atoms with Crippen molar-refractivity contribution in [3.63, 3.8) is 0 Å². The van der Waals surface area contributed by atoms with Gasteiger partial charge in [-0.25, -0.2) is 14.4 Å². The summed E-state index contributed by atoms with van der Waals surface area (Å²) in [6.45, 7) is 0.0224. The van der Waals surface area contributed by atoms with E-state index in [1.165, 1.54) is 54.8 Å². The minimum Gasteiger partial charge on any atom is -0.508 e. The highest BCUT2D eigenvalue weighted by molar-refractivity contribution is 7.17. The summed E-state index contributed by atoms with van der Waals surface area (Å²) in [4.78, 5) is 95.5. The third-order valence-corrected chi connectivity index (χ3v) is 12.2. The van der Waals surface area contributed by atoms with E-state index in [0.717, 1.165) is 29.8 Å². The molecule has 0 fully saturated rings. The first kappa shape index (κ1) is 67.3. The molecule has 19 nitrogen and oxygen atoms in total. The zero-order valence-corrected chi connectivity index (χ0v) is 39.1. The number of aliphatic carboxylic acids is 1. The van der Waals surface area contributed by atoms with Crippen LogP contribution in [0.5, 0.6) is 11.5 Å². The zero-order valence-electron chi connectivity index (χ0n) is 35.1. The van der Waals surface area contributed by atoms with Crippen LogP contribution in [0.15, 0.2) is 78.2 Å². The number of nitrogens with one attached hydrogen (secondary N) is 5. The van der Waals surface area contributed by atoms with Crippen LogP contribution in [0.25, 0.3) is 0 Å². The van der Waals surface area contributed by atoms with Gasteiger partial charge < -0.3 is 57.1 Å². The molecular weight excluding hydrogens is 1060 g/mol. The molecule has 5 aromatic rings. The first-order valence-electron chi connectivity index (χ1n) is 18.9. The number of methoxy groups -OCH3 is 2. The van der Waals surface area contributed by atoms with Gasteiger partial charge in [0.2, 0.25) is 0 Å². The first-order valence-corrected chi connectivity index (χ1v) is 22.1. The third-order valence-electron chi connectivity index (χ3n) is 8.23. The quantitative estimate of drug-likeness (QED) is 0.0440. The highest BCUT2D eigenvalue weighted by atomic mass is 35.5. The van der Waals surface area contributed by atoms with Crippen LogP contribution in [0.1, 0.15) is 89.2 Å². The Bertz CT molecular complexity index is 2600. The number of benzene rings is 2. The van der Waals surface area contributed by atoms with Crippen LogP contribution >= 0.6 is 57.2 Å². The van der Waals surface area contributed by atoms with Crippen LogP contribution < -0.4 is 32.3 Å². The minimum absolute atomic E-state index is 0. The lowest BCUT2D eigenvalue weighted by Gasteiger charge is -2.16. The Morgan fingerprint density at radius 1 is 0.625 bits per heavy atom. The second-order valence-electron chi connectivity index (χ2n) is 13.1. The predicted octanol–water partition coefficient (Wildman–Crippen LogP) is 7.24. The second kappa shape index (κ2) is 32.3. The fourth-order valence-electron chi connectivity index (χ4n) is 4.97. The van der Waals surface area contributed by atoms with E-state index < -0.39 is 65.7 Å². The summed E-state index contributed by atoms with van der Waals surface area (Å²) in [5.74, 6) is -6.60. The average Bonchev–Trinajstić information content (AvgIpc) is 4.08. The van der Waals surface area contributed by atoms with E-state index in [4.69, 9.17) is 43.6 Å². The van der Waals surface area contributed by atoms with Gasteiger partial charge in [0.25, 0.3) is 29.5 Å². The summed E-state index contributed by atoms with van der Waals surface area (Å²) >= 11 is 15.2. The molecule has 0 unspecified atom stereocenters. The number of hydrogen-bond acceptors (Lipinski definition) is 16. The van der Waals surface area contributed by atoms with Gasteiger partial charge in [-0.15, -0.1) is 34.0 Å². The van der Waals surface area contributed by atoms with Gasteiger partial charge in [-0.05, 0) is 59.0 Å². The molecule has 72 heavy (non-hydrogen) atoms. The van der Waals surface area contributed by atoms with Crippen molar-refractivity contribution < 1.29 is 76.3 Å². The number of thiophene rings is 3. The molecule has 3 heterocycles. The summed E-state index contributed by atoms with van der Waals surface area (Å²) in [7, 11) is 2.35. The van der Waals surface area contributed by atoms with E-state index in [0.29, 0.717) is 16.0 Å². The molecule has 0 aliphatic carbocycles. The van der Waals surface area contributed by atoms with Crippen molar-refractivity contribution in [2.75, 3.05) is 27.3 Å². The van der Waals surface area contributed by atoms with Gasteiger partial charge in [0, 0.05) is 26.2 Å². The number of ether oxygens (including phenoxy) is 2. The molecule has 396 valence electrons. The number of rotatable bonds is 16. The lowest BCUT2D eigenvalue weighted by atomic mass is 10.2. The Kier molecular flexibility index (Phi) is 30.2. The van der Waals surface area contributed by atoms with E-state index in [2.05, 4.69) is 31.3 Å². The standard InChI is InChI=1S/C22H20ClN3O6S2.C17H18ClN3O5S.C2HF3O2.4CH4/c1-32-22(31)15(11-25-19(28)16-6-3-7-33-16)26-21(30)18-14(23)9-17(34-18)20(29)24-10-12-4-2-5-13(27)8-12;1-26-17(25)12(7-19)21-16(24)14-11(18)6-13(27-14)15(23)20-8-9-3-2-4-10(22)5-9;3-2(4,5)1(6)7;;;;/h2-9,15,27H,10-11H2,1H3,(H,24,29)(H,25,28)(H,26,30);2-6,12,22H,7-8,19H2,1H3,(H,20,23)(H,21,24);(H,6,7);4*1H4/t15-;12-;;;;;/m00...../s1. The molecule has 0 radical (unpaired) electrons. The van der Waals surface area contributed by atoms with Gasteiger partial charge in [-0.3, -0.25) is 24.0 Å². The first-order chi connectivity index (χ1) is 32.1. The molecule has 2 aromatic carbocycles. The largest absolute Gasteiger partial charge is 0.508 e. The molecule has 0 bridgehead atoms. The number of carbonyl (C=O) groups is 8. The average molecular weight is 1110 g/mol. The highest BCUT2D eigenvalue weighted by Crippen LogP contribution is 2.29. The topological polar surface area (TPSA) is 302 Å². The van der Waals surface area contributed by atoms with Gasteiger partial charge in [-0.2, -0.15) is 13.2 Å². The van der Waals surface area contributed by atoms with Crippen molar-refractivity contribution in [3.8, 4) is 11.5 Å². The summed E-state index contributed by atoms with van der Waals surface area (Å²) < 4.78 is 41.0. The van der Waals surface area contributed by atoms with E-state index in [1.807, 2.05) is 0 Å². The number of halogens is 5. The number of alkyl halides is 3. The molecule has 0 saturated carbocycles. The molecule has 0 aliphatic rings. The highest BCUT2D eigenvalue weighted by Gasteiger charge is 2.38. The van der Waals surface area contributed by atoms with Crippen LogP contribution in [0.2, 0.25) is 10.0 Å². The van der Waals surface area contributed by atoms with E-state index >= 15 is 0 Å². The molecular formula is C45H55Cl2F3N6O13S3. The lowest BCUT2D eigenvalue weighted by molar-refractivity contribution is -0.192. The summed E-state index contributed by atoms with van der Waals surface area (Å²) in [6.07, 6.45) is -5.08. The molecule has 0 spiro atoms. The Hall–Kier alpha value is -6.77. The normalized spacial score (nSPS) is 10.8. The SMILES string of the molecule is C.C.C.C.COC(=O)[C@H](CN)NC(=O)c1sc(C(=O)NCc2cccc(O)c2)cc1Cl.COC(=O)[C@H](CNC(=O)c1cccs1)NC(=O)c1sc(C(=O)NCc2cccc(O)c2)cc1Cl.O=C(O)C(F)(F)F. The van der Waals surface area contributed by atoms with Crippen molar-refractivity contribution in [1.82, 2.24) is 26.6 Å². The summed E-state index contributed by atoms with van der Waals surface area (Å²) in [5.41, 5.74) is 6.86. The van der Waals surface area contributed by atoms with Crippen molar-refractivity contribution in [2.24, 2.45) is 5.73 Å². The Labute approximate surface area is 434 Å². The van der Waals surface area contributed by atoms with Crippen LogP contribution in [0.3, 0.4) is 0 Å². The number of amides is 5. The van der Waals surface area contributed by atoms with Gasteiger partial charge >= 0.3 is 24.1 Å². The molecule has 2 atom stereocenters. The number of carboxylic acid groups (broad SMARTS) is 1. The molecule has 3 aromatic heterocycles. The maximum atomic E-state index is 12.8. The molecule has 5 amide bonds. The lowest BCUT2D eigenvalue weighted by Crippen LogP contribution is -2.48. The summed E-state index contributed by atoms with van der Waals surface area (Å²) in [6, 6.07) is 16.8. The Balaban J connectivity index is 0. The van der Waals surface area contributed by atoms with Crippen LogP contribution in [-0.2, 0) is 36.9 Å². The number of carboxylic acids is 1. The van der Waals surface area contributed by atoms with Gasteiger partial charge in [-0.1, -0.05) is 83.2 Å². The zero-order chi connectivity index (χ0) is 50.7. The predicted molar refractivity (Wildman–Crippen MR) is 270 cm³/mol. The molecule has 5 rings (SSSR count). The number of nitrogens with two attached hydrogens (primary N) is 1. The second-order valence-corrected chi connectivity index (χ2v) is 17.0. The molecule has 0 aliphatic heterocycles. The van der Waals surface area contributed by atoms with E-state index in [-0.39, 0.29) is 96.9 Å². The number of hydrogen-bond donors (Lipinski definition) is 9. The van der Waals surface area contributed by atoms with E-state index in [9.17, 15) is 56.9 Å². The molecule has 0 saturated heterocycles. The van der Waals surface area contributed by atoms with Crippen molar-refractivity contribution >= 4 is 105 Å². The number of carbonyl (C=O) groups excluding carboxylic acids is 7. The number of phenols is 2. The maximum absolute atomic E-state index is 12.8. The maximum Gasteiger partial charge on any atom is 0.490 e. The monoisotopic (exact) mass is 1110 g/mol. The number of aromatic hydroxyl groups is 2. The van der Waals surface area contributed by atoms with Crippen LogP contribution in [0.4, 0.5) is 13.2 Å². The van der Waals surface area contributed by atoms with Crippen molar-refractivity contribution in [1.29, 1.82) is 0 Å². The molecule has 27 heteroatoms. The fourth-order valence-corrected chi connectivity index (χ4v) is 8.10. The van der Waals surface area contributed by atoms with Crippen molar-refractivity contribution in [3.05, 3.63) is 124 Å². The fraction of sp³-hybridized carbons (Fsp3) is 0.289. The third kappa shape index (κ3) is 21.3. The minimum atomic E-state index is -5.08. The molecule has 10 N–H and O–H groups in total. The van der Waals surface area contributed by atoms with Crippen molar-refractivity contribution in [2.45, 2.75) is 61.1 Å². The van der Waals surface area contributed by atoms with Gasteiger partial charge in [0.15, 0.2) is 0 Å². The Morgan fingerprint density at radius 2 is 1.03 bits per heavy atom. The number of esters is 2. The van der Waals surface area contributed by atoms with E-state index in [1.54, 1.807) is 41.8 Å². The van der Waals surface area contributed by atoms with Gasteiger partial charge in [0.1, 0.15) is 33.3 Å². The van der Waals surface area contributed by atoms with Gasteiger partial charge in [0.05, 0.1) is 38.9 Å². The smallest absolute Gasteiger partial charge is 0.490 e. The number of phenolic OH excluding ortho intramolecular Hbond substituents is 2. The summed E-state index contributed by atoms with van der Waals surface area (Å²) in [5, 5.41) is 40.8. The van der Waals surface area contributed by atoms with Crippen LogP contribution in [-0.4, -0.2) is 108 Å². The Morgan fingerprint density at radius 3 is 1.39 bits per heavy atom.